The maximum absolute atomic E-state index is 12.7. The van der Waals surface area contributed by atoms with E-state index in [1.54, 1.807) is 48.1 Å². The fourth-order valence-electron chi connectivity index (χ4n) is 3.53. The quantitative estimate of drug-likeness (QED) is 0.217. The third-order valence-corrected chi connectivity index (χ3v) is 6.92. The third-order valence-electron chi connectivity index (χ3n) is 5.37. The van der Waals surface area contributed by atoms with E-state index in [2.05, 4.69) is 20.8 Å². The first kappa shape index (κ1) is 27.4. The number of hydrogen-bond acceptors (Lipinski definition) is 7. The molecule has 0 spiro atoms. The van der Waals surface area contributed by atoms with Gasteiger partial charge in [-0.15, -0.1) is 10.2 Å². The van der Waals surface area contributed by atoms with Gasteiger partial charge in [0.1, 0.15) is 17.2 Å². The molecule has 0 aliphatic rings. The van der Waals surface area contributed by atoms with Crippen molar-refractivity contribution in [3.05, 3.63) is 82.1 Å². The molecule has 9 nitrogen and oxygen atoms in total. The molecule has 0 bridgehead atoms. The lowest BCUT2D eigenvalue weighted by Crippen LogP contribution is -2.29. The first-order valence-electron chi connectivity index (χ1n) is 11.3. The summed E-state index contributed by atoms with van der Waals surface area (Å²) < 4.78 is 17.6. The van der Waals surface area contributed by atoms with Crippen molar-refractivity contribution in [3.8, 4) is 22.9 Å². The predicted molar refractivity (Wildman–Crippen MR) is 149 cm³/mol. The number of nitrogens with zero attached hydrogens (tertiary/aromatic N) is 3. The topological polar surface area (TPSA) is 99.5 Å². The average molecular weight is 574 g/mol. The maximum atomic E-state index is 12.7. The molecule has 0 saturated heterocycles. The SMILES string of the molecule is COc1cccc(CSc2nnc(CNC(=O)Nc3cc(OC)cc(OC)c3)n2-c2cc(Cl)ccc2Cl)c1. The van der Waals surface area contributed by atoms with Crippen molar-refractivity contribution in [1.82, 2.24) is 20.1 Å². The second-order valence-corrected chi connectivity index (χ2v) is 9.67. The number of amides is 2. The molecule has 0 aliphatic heterocycles. The maximum Gasteiger partial charge on any atom is 0.319 e. The number of aromatic nitrogens is 3. The average Bonchev–Trinajstić information content (AvgIpc) is 3.34. The number of carbonyl (C=O) groups is 1. The van der Waals surface area contributed by atoms with Crippen molar-refractivity contribution < 1.29 is 19.0 Å². The zero-order valence-electron chi connectivity index (χ0n) is 20.8. The van der Waals surface area contributed by atoms with Crippen molar-refractivity contribution in [1.29, 1.82) is 0 Å². The second kappa shape index (κ2) is 12.8. The summed E-state index contributed by atoms with van der Waals surface area (Å²) in [6, 6.07) is 17.6. The van der Waals surface area contributed by atoms with Crippen LogP contribution in [-0.2, 0) is 12.3 Å². The summed E-state index contributed by atoms with van der Waals surface area (Å²) in [5, 5.41) is 15.8. The van der Waals surface area contributed by atoms with Gasteiger partial charge in [-0.25, -0.2) is 4.79 Å². The van der Waals surface area contributed by atoms with E-state index in [-0.39, 0.29) is 6.54 Å². The molecular weight excluding hydrogens is 549 g/mol. The van der Waals surface area contributed by atoms with E-state index in [0.717, 1.165) is 11.3 Å². The van der Waals surface area contributed by atoms with Gasteiger partial charge in [-0.3, -0.25) is 4.57 Å². The minimum Gasteiger partial charge on any atom is -0.497 e. The highest BCUT2D eigenvalue weighted by Gasteiger charge is 2.18. The normalized spacial score (nSPS) is 10.7. The Labute approximate surface area is 234 Å². The molecule has 0 atom stereocenters. The van der Waals surface area contributed by atoms with Gasteiger partial charge in [-0.05, 0) is 35.9 Å². The molecule has 0 radical (unpaired) electrons. The van der Waals surface area contributed by atoms with Crippen molar-refractivity contribution in [2.45, 2.75) is 17.5 Å². The number of nitrogens with one attached hydrogen (secondary N) is 2. The highest BCUT2D eigenvalue weighted by atomic mass is 35.5. The van der Waals surface area contributed by atoms with E-state index >= 15 is 0 Å². The summed E-state index contributed by atoms with van der Waals surface area (Å²) in [4.78, 5) is 12.7. The number of ether oxygens (including phenoxy) is 3. The first-order chi connectivity index (χ1) is 18.4. The van der Waals surface area contributed by atoms with Gasteiger partial charge in [0.05, 0.1) is 38.6 Å². The lowest BCUT2D eigenvalue weighted by atomic mass is 10.2. The van der Waals surface area contributed by atoms with Crippen LogP contribution in [0.2, 0.25) is 10.0 Å². The molecule has 0 unspecified atom stereocenters. The van der Waals surface area contributed by atoms with E-state index in [1.807, 2.05) is 24.3 Å². The lowest BCUT2D eigenvalue weighted by molar-refractivity contribution is 0.251. The molecule has 1 aromatic heterocycles. The third kappa shape index (κ3) is 6.83. The number of benzene rings is 3. The monoisotopic (exact) mass is 573 g/mol. The predicted octanol–water partition coefficient (Wildman–Crippen LogP) is 6.21. The van der Waals surface area contributed by atoms with Gasteiger partial charge < -0.3 is 24.8 Å². The number of hydrogen-bond donors (Lipinski definition) is 2. The number of urea groups is 1. The summed E-state index contributed by atoms with van der Waals surface area (Å²) in [5.74, 6) is 2.95. The Morgan fingerprint density at radius 3 is 2.37 bits per heavy atom. The van der Waals surface area contributed by atoms with Gasteiger partial charge in [-0.1, -0.05) is 47.1 Å². The van der Waals surface area contributed by atoms with Gasteiger partial charge in [0.25, 0.3) is 0 Å². The fourth-order valence-corrected chi connectivity index (χ4v) is 4.81. The molecule has 2 N–H and O–H groups in total. The zero-order valence-corrected chi connectivity index (χ0v) is 23.2. The van der Waals surface area contributed by atoms with E-state index in [4.69, 9.17) is 37.4 Å². The Kier molecular flexibility index (Phi) is 9.22. The summed E-state index contributed by atoms with van der Waals surface area (Å²) in [5.41, 5.74) is 2.16. The Morgan fingerprint density at radius 1 is 0.921 bits per heavy atom. The van der Waals surface area contributed by atoms with Gasteiger partial charge in [0.2, 0.25) is 0 Å². The molecule has 0 fully saturated rings. The van der Waals surface area contributed by atoms with Crippen molar-refractivity contribution in [2.75, 3.05) is 26.6 Å². The Hall–Kier alpha value is -3.60. The van der Waals surface area contributed by atoms with E-state index in [1.165, 1.54) is 26.0 Å². The van der Waals surface area contributed by atoms with Crippen LogP contribution < -0.4 is 24.8 Å². The zero-order chi connectivity index (χ0) is 27.1. The van der Waals surface area contributed by atoms with Crippen LogP contribution in [0.5, 0.6) is 17.2 Å². The minimum atomic E-state index is -0.447. The molecule has 198 valence electrons. The van der Waals surface area contributed by atoms with Crippen LogP contribution in [0.25, 0.3) is 5.69 Å². The van der Waals surface area contributed by atoms with Crippen LogP contribution in [0.4, 0.5) is 10.5 Å². The van der Waals surface area contributed by atoms with Gasteiger partial charge in [0, 0.05) is 34.7 Å². The van der Waals surface area contributed by atoms with Gasteiger partial charge in [0.15, 0.2) is 11.0 Å². The second-order valence-electron chi connectivity index (χ2n) is 7.88. The largest absolute Gasteiger partial charge is 0.497 e. The number of halogens is 2. The molecule has 4 rings (SSSR count). The number of methoxy groups -OCH3 is 3. The highest BCUT2D eigenvalue weighted by molar-refractivity contribution is 7.98. The summed E-state index contributed by atoms with van der Waals surface area (Å²) >= 11 is 14.3. The molecular formula is C26H25Cl2N5O4S. The minimum absolute atomic E-state index is 0.0719. The molecule has 0 saturated carbocycles. The van der Waals surface area contributed by atoms with Crippen molar-refractivity contribution >= 4 is 46.7 Å². The summed E-state index contributed by atoms with van der Waals surface area (Å²) in [6.07, 6.45) is 0. The molecule has 12 heteroatoms. The Balaban J connectivity index is 1.55. The van der Waals surface area contributed by atoms with Crippen LogP contribution in [0.1, 0.15) is 11.4 Å². The van der Waals surface area contributed by atoms with Crippen molar-refractivity contribution in [3.63, 3.8) is 0 Å². The highest BCUT2D eigenvalue weighted by Crippen LogP contribution is 2.31. The molecule has 1 heterocycles. The molecule has 4 aromatic rings. The summed E-state index contributed by atoms with van der Waals surface area (Å²) in [6.45, 7) is 0.0719. The van der Waals surface area contributed by atoms with E-state index in [0.29, 0.717) is 49.7 Å². The Bertz CT molecular complexity index is 1410. The van der Waals surface area contributed by atoms with Crippen LogP contribution in [0.15, 0.2) is 65.8 Å². The van der Waals surface area contributed by atoms with Crippen LogP contribution in [0, 0.1) is 0 Å². The van der Waals surface area contributed by atoms with Crippen LogP contribution in [0.3, 0.4) is 0 Å². The van der Waals surface area contributed by atoms with Crippen LogP contribution in [-0.4, -0.2) is 42.1 Å². The smallest absolute Gasteiger partial charge is 0.319 e. The molecule has 2 amide bonds. The molecule has 38 heavy (non-hydrogen) atoms. The Morgan fingerprint density at radius 2 is 1.66 bits per heavy atom. The number of anilines is 1. The number of thioether (sulfide) groups is 1. The standard InChI is InChI=1S/C26H25Cl2N5O4S/c1-35-19-6-4-5-16(9-19)15-38-26-32-31-24(33(26)23-10-17(27)7-8-22(23)28)14-29-25(34)30-18-11-20(36-2)13-21(12-18)37-3/h4-13H,14-15H2,1-3H3,(H2,29,30,34). The summed E-state index contributed by atoms with van der Waals surface area (Å²) in [7, 11) is 4.71. The number of rotatable bonds is 10. The molecule has 0 aliphatic carbocycles. The van der Waals surface area contributed by atoms with Crippen molar-refractivity contribution in [2.24, 2.45) is 0 Å². The first-order valence-corrected chi connectivity index (χ1v) is 13.1. The fraction of sp³-hybridized carbons (Fsp3) is 0.192. The number of carbonyl (C=O) groups excluding carboxylic acids is 1. The molecule has 3 aromatic carbocycles. The van der Waals surface area contributed by atoms with E-state index < -0.39 is 6.03 Å². The van der Waals surface area contributed by atoms with Gasteiger partial charge in [-0.2, -0.15) is 0 Å². The van der Waals surface area contributed by atoms with Gasteiger partial charge >= 0.3 is 6.03 Å². The lowest BCUT2D eigenvalue weighted by Gasteiger charge is -2.14. The van der Waals surface area contributed by atoms with E-state index in [9.17, 15) is 4.79 Å². The van der Waals surface area contributed by atoms with Crippen LogP contribution >= 0.6 is 35.0 Å².